The summed E-state index contributed by atoms with van der Waals surface area (Å²) in [6, 6.07) is 5.48. The molecule has 2 N–H and O–H groups in total. The van der Waals surface area contributed by atoms with Crippen LogP contribution < -0.4 is 4.74 Å². The smallest absolute Gasteiger partial charge is 0.309 e. The van der Waals surface area contributed by atoms with E-state index in [9.17, 15) is 15.0 Å². The molecule has 2 heterocycles. The second kappa shape index (κ2) is 12.8. The molecule has 1 aromatic carbocycles. The van der Waals surface area contributed by atoms with E-state index in [2.05, 4.69) is 21.6 Å². The summed E-state index contributed by atoms with van der Waals surface area (Å²) in [6.07, 6.45) is 10.7. The van der Waals surface area contributed by atoms with E-state index in [-0.39, 0.29) is 0 Å². The van der Waals surface area contributed by atoms with Gasteiger partial charge in [0.15, 0.2) is 0 Å². The summed E-state index contributed by atoms with van der Waals surface area (Å²) in [6.45, 7) is 2.64. The van der Waals surface area contributed by atoms with Gasteiger partial charge in [-0.15, -0.1) is 0 Å². The number of aliphatic hydroxyl groups excluding tert-OH is 1. The highest BCUT2D eigenvalue weighted by Gasteiger charge is 2.41. The summed E-state index contributed by atoms with van der Waals surface area (Å²) < 4.78 is 5.34. The van der Waals surface area contributed by atoms with E-state index in [0.717, 1.165) is 42.2 Å². The fourth-order valence-electron chi connectivity index (χ4n) is 5.74. The van der Waals surface area contributed by atoms with Crippen LogP contribution in [0.1, 0.15) is 75.9 Å². The molecule has 6 nitrogen and oxygen atoms in total. The summed E-state index contributed by atoms with van der Waals surface area (Å²) in [5.74, 6) is 1.10. The van der Waals surface area contributed by atoms with Gasteiger partial charge in [0.05, 0.1) is 29.2 Å². The van der Waals surface area contributed by atoms with Crippen molar-refractivity contribution in [3.05, 3.63) is 35.0 Å². The third-order valence-electron chi connectivity index (χ3n) is 8.09. The number of aliphatic hydroxyl groups is 1. The Balaban J connectivity index is 1.32. The molecule has 0 spiro atoms. The van der Waals surface area contributed by atoms with Gasteiger partial charge in [-0.05, 0) is 88.5 Å². The molecule has 198 valence electrons. The van der Waals surface area contributed by atoms with Crippen LogP contribution in [0.5, 0.6) is 5.75 Å². The zero-order valence-electron chi connectivity index (χ0n) is 21.3. The summed E-state index contributed by atoms with van der Waals surface area (Å²) >= 11 is 8.59. The minimum absolute atomic E-state index is 0.334. The van der Waals surface area contributed by atoms with Crippen LogP contribution in [-0.2, 0) is 4.79 Å². The zero-order chi connectivity index (χ0) is 25.5. The Morgan fingerprint density at radius 1 is 1.28 bits per heavy atom. The molecule has 1 saturated carbocycles. The number of carboxylic acid groups (broad SMARTS) is 1. The number of piperidine rings is 1. The highest BCUT2D eigenvalue weighted by Crippen LogP contribution is 2.41. The van der Waals surface area contributed by atoms with Crippen LogP contribution in [0.3, 0.4) is 0 Å². The maximum absolute atomic E-state index is 12.4. The lowest BCUT2D eigenvalue weighted by Gasteiger charge is -2.39. The number of benzene rings is 1. The van der Waals surface area contributed by atoms with Gasteiger partial charge in [0.2, 0.25) is 0 Å². The number of carbonyl (C=O) groups is 1. The SMILES string of the molecule is COc1ccc2ncc(Cl)c([C@@H](O)CCC3(C(=O)O)CCN(CCCSC4CCCCC4)CC3)c2c1. The topological polar surface area (TPSA) is 82.9 Å². The molecule has 1 aromatic heterocycles. The van der Waals surface area contributed by atoms with Crippen molar-refractivity contribution < 1.29 is 19.7 Å². The summed E-state index contributed by atoms with van der Waals surface area (Å²) in [5.41, 5.74) is 0.507. The van der Waals surface area contributed by atoms with Gasteiger partial charge in [0.25, 0.3) is 0 Å². The maximum Gasteiger partial charge on any atom is 0.309 e. The van der Waals surface area contributed by atoms with E-state index in [1.165, 1.54) is 37.9 Å². The van der Waals surface area contributed by atoms with Crippen molar-refractivity contribution in [1.82, 2.24) is 9.88 Å². The molecular weight excluding hydrogens is 496 g/mol. The number of thioether (sulfide) groups is 1. The highest BCUT2D eigenvalue weighted by atomic mass is 35.5. The van der Waals surface area contributed by atoms with Crippen LogP contribution in [0.2, 0.25) is 5.02 Å². The van der Waals surface area contributed by atoms with Crippen LogP contribution in [0.15, 0.2) is 24.4 Å². The molecule has 4 rings (SSSR count). The molecule has 2 aliphatic rings. The van der Waals surface area contributed by atoms with E-state index in [0.29, 0.717) is 42.0 Å². The lowest BCUT2D eigenvalue weighted by molar-refractivity contribution is -0.153. The second-order valence-corrected chi connectivity index (χ2v) is 12.2. The van der Waals surface area contributed by atoms with Gasteiger partial charge in [-0.2, -0.15) is 11.8 Å². The molecule has 36 heavy (non-hydrogen) atoms. The number of aliphatic carboxylic acids is 1. The number of aromatic nitrogens is 1. The zero-order valence-corrected chi connectivity index (χ0v) is 22.8. The molecule has 1 aliphatic carbocycles. The number of methoxy groups -OCH3 is 1. The van der Waals surface area contributed by atoms with Crippen molar-refractivity contribution in [2.75, 3.05) is 32.5 Å². The van der Waals surface area contributed by atoms with Gasteiger partial charge in [0.1, 0.15) is 5.75 Å². The van der Waals surface area contributed by atoms with Crippen LogP contribution in [-0.4, -0.2) is 63.8 Å². The van der Waals surface area contributed by atoms with Crippen LogP contribution in [0.25, 0.3) is 10.9 Å². The minimum atomic E-state index is -0.874. The van der Waals surface area contributed by atoms with E-state index in [4.69, 9.17) is 16.3 Å². The van der Waals surface area contributed by atoms with Gasteiger partial charge in [-0.3, -0.25) is 9.78 Å². The lowest BCUT2D eigenvalue weighted by atomic mass is 9.74. The number of hydrogen-bond donors (Lipinski definition) is 2. The Morgan fingerprint density at radius 2 is 2.03 bits per heavy atom. The summed E-state index contributed by atoms with van der Waals surface area (Å²) in [5, 5.41) is 23.3. The molecule has 0 radical (unpaired) electrons. The minimum Gasteiger partial charge on any atom is -0.497 e. The largest absolute Gasteiger partial charge is 0.497 e. The summed E-state index contributed by atoms with van der Waals surface area (Å²) in [4.78, 5) is 19.1. The van der Waals surface area contributed by atoms with Crippen LogP contribution in [0, 0.1) is 5.41 Å². The Bertz CT molecular complexity index is 1020. The maximum atomic E-state index is 12.4. The monoisotopic (exact) mass is 534 g/mol. The number of fused-ring (bicyclic) bond motifs is 1. The molecule has 2 aromatic rings. The number of hydrogen-bond acceptors (Lipinski definition) is 6. The predicted molar refractivity (Wildman–Crippen MR) is 147 cm³/mol. The Kier molecular flexibility index (Phi) is 9.78. The quantitative estimate of drug-likeness (QED) is 0.326. The van der Waals surface area contributed by atoms with E-state index < -0.39 is 17.5 Å². The standard InChI is InChI=1S/C28H39ClN2O4S/c1-35-20-8-9-24-22(18-20)26(23(29)19-30-24)25(32)10-11-28(27(33)34)12-15-31(16-13-28)14-5-17-36-21-6-3-2-4-7-21/h8-9,18-19,21,25,32H,2-7,10-17H2,1H3,(H,33,34)/t25-/m0/s1. The summed E-state index contributed by atoms with van der Waals surface area (Å²) in [7, 11) is 1.59. The van der Waals surface area contributed by atoms with Crippen molar-refractivity contribution in [3.63, 3.8) is 0 Å². The predicted octanol–water partition coefficient (Wildman–Crippen LogP) is 6.33. The number of likely N-dealkylation sites (tertiary alicyclic amines) is 1. The molecule has 0 unspecified atom stereocenters. The Labute approximate surface area is 223 Å². The number of ether oxygens (including phenoxy) is 1. The number of pyridine rings is 1. The first-order valence-electron chi connectivity index (χ1n) is 13.3. The van der Waals surface area contributed by atoms with Crippen molar-refractivity contribution >= 4 is 40.2 Å². The number of halogens is 1. The molecule has 2 fully saturated rings. The average Bonchev–Trinajstić information content (AvgIpc) is 2.90. The third-order valence-corrected chi connectivity index (χ3v) is 9.86. The Hall–Kier alpha value is -1.54. The van der Waals surface area contributed by atoms with Gasteiger partial charge in [-0.25, -0.2) is 0 Å². The van der Waals surface area contributed by atoms with Gasteiger partial charge in [-0.1, -0.05) is 30.9 Å². The van der Waals surface area contributed by atoms with Gasteiger partial charge in [0, 0.05) is 22.4 Å². The molecule has 1 aliphatic heterocycles. The van der Waals surface area contributed by atoms with Crippen molar-refractivity contribution in [1.29, 1.82) is 0 Å². The molecule has 0 bridgehead atoms. The van der Waals surface area contributed by atoms with E-state index in [1.54, 1.807) is 13.3 Å². The first kappa shape index (κ1) is 27.5. The molecule has 1 saturated heterocycles. The average molecular weight is 535 g/mol. The van der Waals surface area contributed by atoms with Crippen molar-refractivity contribution in [2.45, 2.75) is 75.6 Å². The molecular formula is C28H39ClN2O4S. The molecule has 8 heteroatoms. The molecule has 0 amide bonds. The fraction of sp³-hybridized carbons (Fsp3) is 0.643. The Morgan fingerprint density at radius 3 is 2.72 bits per heavy atom. The number of rotatable bonds is 11. The fourth-order valence-corrected chi connectivity index (χ4v) is 7.31. The van der Waals surface area contributed by atoms with Gasteiger partial charge >= 0.3 is 5.97 Å². The first-order valence-corrected chi connectivity index (χ1v) is 14.7. The van der Waals surface area contributed by atoms with Crippen molar-refractivity contribution in [3.8, 4) is 5.75 Å². The number of carboxylic acids is 1. The number of nitrogens with zero attached hydrogens (tertiary/aromatic N) is 2. The van der Waals surface area contributed by atoms with E-state index >= 15 is 0 Å². The van der Waals surface area contributed by atoms with Crippen molar-refractivity contribution in [2.24, 2.45) is 5.41 Å². The third kappa shape index (κ3) is 6.66. The van der Waals surface area contributed by atoms with Crippen LogP contribution >= 0.6 is 23.4 Å². The normalized spacial score (nSPS) is 19.9. The van der Waals surface area contributed by atoms with Gasteiger partial charge < -0.3 is 19.8 Å². The second-order valence-electron chi connectivity index (χ2n) is 10.4. The highest BCUT2D eigenvalue weighted by molar-refractivity contribution is 7.99. The van der Waals surface area contributed by atoms with E-state index in [1.807, 2.05) is 18.2 Å². The van der Waals surface area contributed by atoms with Crippen LogP contribution in [0.4, 0.5) is 0 Å². The first-order chi connectivity index (χ1) is 17.4. The molecule has 1 atom stereocenters. The lowest BCUT2D eigenvalue weighted by Crippen LogP contribution is -2.44.